The lowest BCUT2D eigenvalue weighted by Gasteiger charge is -2.67. The molecule has 0 aromatic heterocycles. The zero-order valence-electron chi connectivity index (χ0n) is 43.8. The summed E-state index contributed by atoms with van der Waals surface area (Å²) >= 11 is 7.01. The highest BCUT2D eigenvalue weighted by atomic mass is 32.2. The summed E-state index contributed by atoms with van der Waals surface area (Å²) in [5.41, 5.74) is -4.18. The molecule has 14 nitrogen and oxygen atoms in total. The summed E-state index contributed by atoms with van der Waals surface area (Å²) in [5.74, 6) is -3.49. The average Bonchev–Trinajstić information content (AvgIpc) is 3.65. The molecule has 2 unspecified atom stereocenters. The lowest BCUT2D eigenvalue weighted by atomic mass is 9.44. The van der Waals surface area contributed by atoms with Crippen LogP contribution < -0.4 is 5.32 Å². The predicted molar refractivity (Wildman–Crippen MR) is 279 cm³/mol. The van der Waals surface area contributed by atoms with Crippen LogP contribution in [-0.2, 0) is 51.7 Å². The van der Waals surface area contributed by atoms with Gasteiger partial charge in [0.25, 0.3) is 5.91 Å². The van der Waals surface area contributed by atoms with Crippen LogP contribution >= 0.6 is 24.0 Å². The van der Waals surface area contributed by atoms with Gasteiger partial charge in [-0.05, 0) is 97.4 Å². The van der Waals surface area contributed by atoms with E-state index in [2.05, 4.69) is 46.9 Å². The number of carbonyl (C=O) groups is 5. The molecule has 2 saturated carbocycles. The van der Waals surface area contributed by atoms with Gasteiger partial charge in [-0.1, -0.05) is 116 Å². The van der Waals surface area contributed by atoms with Crippen LogP contribution in [0.3, 0.4) is 0 Å². The van der Waals surface area contributed by atoms with Crippen LogP contribution in [0.4, 0.5) is 4.79 Å². The number of benzene rings is 2. The van der Waals surface area contributed by atoms with E-state index in [0.717, 1.165) is 18.1 Å². The second-order valence-corrected chi connectivity index (χ2v) is 33.1. The van der Waals surface area contributed by atoms with Gasteiger partial charge in [-0.15, -0.1) is 0 Å². The molecule has 0 radical (unpaired) electrons. The second kappa shape index (κ2) is 20.1. The Morgan fingerprint density at radius 2 is 1.55 bits per heavy atom. The number of thiocarbonyl (C=S) groups is 1. The molecule has 18 heteroatoms. The maximum Gasteiger partial charge on any atom is 0.509 e. The van der Waals surface area contributed by atoms with Crippen molar-refractivity contribution in [2.24, 2.45) is 16.7 Å². The Kier molecular flexibility index (Phi) is 15.5. The number of amides is 1. The zero-order valence-corrected chi connectivity index (χ0v) is 47.4. The van der Waals surface area contributed by atoms with Crippen LogP contribution in [0.2, 0.25) is 36.3 Å². The first-order valence-corrected chi connectivity index (χ1v) is 32.0. The molecule has 5 aliphatic rings. The van der Waals surface area contributed by atoms with E-state index in [9.17, 15) is 14.4 Å². The van der Waals surface area contributed by atoms with E-state index in [1.165, 1.54) is 18.7 Å². The third-order valence-electron chi connectivity index (χ3n) is 17.3. The normalized spacial score (nSPS) is 30.8. The lowest BCUT2D eigenvalue weighted by molar-refractivity contribution is -0.325. The van der Waals surface area contributed by atoms with Crippen LogP contribution in [0.25, 0.3) is 0 Å². The van der Waals surface area contributed by atoms with Gasteiger partial charge in [0, 0.05) is 30.7 Å². The highest BCUT2D eigenvalue weighted by molar-refractivity contribution is 8.22. The summed E-state index contributed by atoms with van der Waals surface area (Å²) in [6, 6.07) is 19.1. The smallest absolute Gasteiger partial charge is 0.466 e. The molecule has 2 heterocycles. The van der Waals surface area contributed by atoms with Crippen LogP contribution in [0, 0.1) is 16.7 Å². The summed E-state index contributed by atoms with van der Waals surface area (Å²) in [5, 5.41) is 2.72. The molecule has 2 bridgehead atoms. The van der Waals surface area contributed by atoms with Gasteiger partial charge in [0.2, 0.25) is 4.38 Å². The van der Waals surface area contributed by atoms with Crippen molar-refractivity contribution in [3.8, 4) is 0 Å². The number of nitrogens with one attached hydrogen (secondary N) is 1. The van der Waals surface area contributed by atoms with Gasteiger partial charge in [0.15, 0.2) is 51.9 Å². The van der Waals surface area contributed by atoms with E-state index >= 15 is 9.59 Å². The molecule has 1 amide bonds. The first-order valence-electron chi connectivity index (χ1n) is 24.9. The van der Waals surface area contributed by atoms with E-state index in [1.807, 2.05) is 70.3 Å². The van der Waals surface area contributed by atoms with Crippen LogP contribution in [0.15, 0.2) is 71.8 Å². The summed E-state index contributed by atoms with van der Waals surface area (Å²) in [4.78, 5) is 74.0. The second-order valence-electron chi connectivity index (χ2n) is 22.2. The van der Waals surface area contributed by atoms with Gasteiger partial charge in [-0.2, -0.15) is 0 Å². The van der Waals surface area contributed by atoms with Crippen LogP contribution in [0.1, 0.15) is 111 Å². The molecule has 3 aliphatic carbocycles. The van der Waals surface area contributed by atoms with Crippen molar-refractivity contribution in [1.29, 1.82) is 0 Å². The van der Waals surface area contributed by atoms with E-state index in [-0.39, 0.29) is 23.8 Å². The topological polar surface area (TPSA) is 171 Å². The number of ketones is 1. The summed E-state index contributed by atoms with van der Waals surface area (Å²) in [6.45, 7) is 25.0. The van der Waals surface area contributed by atoms with Crippen molar-refractivity contribution < 1.29 is 61.2 Å². The van der Waals surface area contributed by atoms with Gasteiger partial charge in [-0.3, -0.25) is 14.4 Å². The summed E-state index contributed by atoms with van der Waals surface area (Å²) in [6.07, 6.45) is -5.93. The number of thioether (sulfide) groups is 1. The first-order chi connectivity index (χ1) is 33.2. The fourth-order valence-corrected chi connectivity index (χ4v) is 16.4. The monoisotopic (exact) mass is 1050 g/mol. The minimum atomic E-state index is -2.87. The largest absolute Gasteiger partial charge is 0.509 e. The number of hydrogen-bond donors (Lipinski definition) is 1. The molecule has 2 aromatic carbocycles. The number of rotatable bonds is 15. The van der Waals surface area contributed by atoms with Gasteiger partial charge in [-0.25, -0.2) is 9.59 Å². The molecule has 4 fully saturated rings. The highest BCUT2D eigenvalue weighted by Crippen LogP contribution is 2.67. The summed E-state index contributed by atoms with van der Waals surface area (Å²) in [7, 11) is -5.38. The molecule has 2 aromatic rings. The number of ether oxygens (including phenoxy) is 6. The maximum atomic E-state index is 16.4. The molecular weight excluding hydrogens is 979 g/mol. The summed E-state index contributed by atoms with van der Waals surface area (Å²) < 4.78 is 54.1. The number of esters is 2. The Morgan fingerprint density at radius 1 is 0.944 bits per heavy atom. The van der Waals surface area contributed by atoms with Gasteiger partial charge < -0.3 is 42.6 Å². The molecule has 1 spiro atoms. The predicted octanol–water partition coefficient (Wildman–Crippen LogP) is 10.2. The SMILES string of the molecule is CC[Si](CC)(CC)O[C@H]1C[C@H]2OC[C@@]2(OC(=S)SC)C2C3OC(=O)O[C@]34C[C@H](OC(=O)[C@H](O[Si](C)(C)C(C)(C)C)[C@@H](NC(=O)c3ccccc3)c3ccccc3)C(C)=C([C@@H](OC(C)=O)C(=O)[C@@]21C)C4(C)C. The molecule has 1 N–H and O–H groups in total. The average molecular weight is 1050 g/mol. The fourth-order valence-electron chi connectivity index (χ4n) is 11.9. The quantitative estimate of drug-likeness (QED) is 0.0587. The molecule has 11 atom stereocenters. The molecule has 388 valence electrons. The van der Waals surface area contributed by atoms with Crippen molar-refractivity contribution in [2.75, 3.05) is 12.9 Å². The number of carbonyl (C=O) groups excluding carboxylic acids is 5. The maximum absolute atomic E-state index is 16.4. The highest BCUT2D eigenvalue weighted by Gasteiger charge is 2.81. The molecule has 71 heavy (non-hydrogen) atoms. The number of hydrogen-bond acceptors (Lipinski definition) is 15. The fraction of sp³-hybridized carbons (Fsp3) is 0.623. The van der Waals surface area contributed by atoms with Crippen LogP contribution in [0.5, 0.6) is 0 Å². The van der Waals surface area contributed by atoms with Crippen molar-refractivity contribution in [3.63, 3.8) is 0 Å². The first kappa shape index (κ1) is 54.8. The minimum absolute atomic E-state index is 0.00149. The minimum Gasteiger partial charge on any atom is -0.466 e. The Labute approximate surface area is 430 Å². The van der Waals surface area contributed by atoms with E-state index < -0.39 is 122 Å². The van der Waals surface area contributed by atoms with Crippen LogP contribution in [-0.4, -0.2) is 111 Å². The van der Waals surface area contributed by atoms with Crippen molar-refractivity contribution in [3.05, 3.63) is 82.9 Å². The lowest BCUT2D eigenvalue weighted by Crippen LogP contribution is -2.81. The van der Waals surface area contributed by atoms with E-state index in [1.54, 1.807) is 37.4 Å². The molecule has 2 saturated heterocycles. The third kappa shape index (κ3) is 9.38. The Morgan fingerprint density at radius 3 is 2.08 bits per heavy atom. The third-order valence-corrected chi connectivity index (χ3v) is 27.4. The van der Waals surface area contributed by atoms with Gasteiger partial charge in [0.1, 0.15) is 12.2 Å². The molecule has 7 rings (SSSR count). The standard InChI is InChI=1S/C53H73NO13S2Si2/c1-15-71(16-2,17-3)66-36-28-37-52(30-60-37,65-48(68)69-12)42-44-53(64-47(59)63-44)29-35(31(4)38(50(53,9)10)40(61-32(5)55)43(56)51(36,42)11)62-46(58)41(67-70(13,14)49(6,7)8)39(33-24-20-18-21-25-33)54-45(57)34-26-22-19-23-27-34/h18-27,35-37,39-42,44H,15-17,28-30H2,1-14H3,(H,54,57)/t35-,36-,37+,39-,40+,41+,42?,44?,51+,52-,53+/m0/s1. The number of fused-ring (bicyclic) bond motifs is 5. The zero-order chi connectivity index (χ0) is 52.3. The van der Waals surface area contributed by atoms with Crippen molar-refractivity contribution in [2.45, 2.75) is 179 Å². The molecular formula is C53H73NO13S2Si2. The van der Waals surface area contributed by atoms with Crippen molar-refractivity contribution in [1.82, 2.24) is 5.32 Å². The van der Waals surface area contributed by atoms with Gasteiger partial charge in [0.05, 0.1) is 30.1 Å². The van der Waals surface area contributed by atoms with Crippen molar-refractivity contribution >= 4 is 74.8 Å². The Hall–Kier alpha value is -3.92. The van der Waals surface area contributed by atoms with E-state index in [0.29, 0.717) is 22.3 Å². The van der Waals surface area contributed by atoms with Gasteiger partial charge >= 0.3 is 18.1 Å². The molecule has 2 aliphatic heterocycles. The Balaban J connectivity index is 1.45. The van der Waals surface area contributed by atoms with E-state index in [4.69, 9.17) is 49.5 Å². The Bertz CT molecular complexity index is 2420. The number of Topliss-reactive ketones (excluding diaryl/α,β-unsaturated/α-hetero) is 1.